The minimum atomic E-state index is 0.126. The molecule has 2 heterocycles. The zero-order chi connectivity index (χ0) is 14.8. The van der Waals surface area contributed by atoms with Crippen molar-refractivity contribution in [2.45, 2.75) is 13.8 Å². The van der Waals surface area contributed by atoms with Gasteiger partial charge in [-0.25, -0.2) is 4.98 Å². The van der Waals surface area contributed by atoms with Crippen LogP contribution in [0, 0.1) is 13.8 Å². The molecule has 0 fully saturated rings. The van der Waals surface area contributed by atoms with Gasteiger partial charge in [-0.15, -0.1) is 0 Å². The first kappa shape index (κ1) is 13.5. The average molecular weight is 301 g/mol. The quantitative estimate of drug-likeness (QED) is 0.805. The number of anilines is 2. The summed E-state index contributed by atoms with van der Waals surface area (Å²) in [6, 6.07) is 6.09. The lowest BCUT2D eigenvalue weighted by Gasteiger charge is -2.10. The molecule has 0 aliphatic rings. The molecule has 7 heteroatoms. The Balaban J connectivity index is 1.95. The van der Waals surface area contributed by atoms with E-state index in [-0.39, 0.29) is 5.28 Å². The number of imidazole rings is 1. The van der Waals surface area contributed by atoms with Gasteiger partial charge in [-0.1, -0.05) is 17.7 Å². The van der Waals surface area contributed by atoms with Crippen LogP contribution < -0.4 is 5.32 Å². The van der Waals surface area contributed by atoms with Gasteiger partial charge in [-0.05, 0) is 37.1 Å². The van der Waals surface area contributed by atoms with E-state index in [1.807, 2.05) is 26.0 Å². The van der Waals surface area contributed by atoms with Crippen LogP contribution in [0.1, 0.15) is 11.1 Å². The second-order valence-electron chi connectivity index (χ2n) is 4.64. The molecule has 0 spiro atoms. The van der Waals surface area contributed by atoms with Crippen LogP contribution in [-0.4, -0.2) is 24.5 Å². The van der Waals surface area contributed by atoms with Crippen LogP contribution >= 0.6 is 11.6 Å². The van der Waals surface area contributed by atoms with Crippen LogP contribution in [0.15, 0.2) is 36.9 Å². The minimum Gasteiger partial charge on any atom is -0.324 e. The van der Waals surface area contributed by atoms with Gasteiger partial charge < -0.3 is 5.32 Å². The maximum atomic E-state index is 5.96. The molecule has 0 aliphatic carbocycles. The van der Waals surface area contributed by atoms with Gasteiger partial charge in [0.25, 0.3) is 0 Å². The number of aryl methyl sites for hydroxylation is 2. The molecule has 0 aliphatic heterocycles. The van der Waals surface area contributed by atoms with Gasteiger partial charge in [0.1, 0.15) is 6.33 Å². The van der Waals surface area contributed by atoms with E-state index in [0.717, 1.165) is 11.3 Å². The van der Waals surface area contributed by atoms with Crippen molar-refractivity contribution in [2.75, 3.05) is 5.32 Å². The van der Waals surface area contributed by atoms with Crippen molar-refractivity contribution in [3.8, 4) is 5.95 Å². The lowest BCUT2D eigenvalue weighted by molar-refractivity contribution is 0.899. The predicted octanol–water partition coefficient (Wildman–Crippen LogP) is 3.07. The summed E-state index contributed by atoms with van der Waals surface area (Å²) in [5.41, 5.74) is 3.24. The number of hydrogen-bond donors (Lipinski definition) is 1. The zero-order valence-corrected chi connectivity index (χ0v) is 12.3. The minimum absolute atomic E-state index is 0.126. The third-order valence-electron chi connectivity index (χ3n) is 2.96. The van der Waals surface area contributed by atoms with Crippen LogP contribution in [-0.2, 0) is 0 Å². The summed E-state index contributed by atoms with van der Waals surface area (Å²) in [4.78, 5) is 16.5. The van der Waals surface area contributed by atoms with E-state index < -0.39 is 0 Å². The van der Waals surface area contributed by atoms with Crippen LogP contribution in [0.5, 0.6) is 0 Å². The van der Waals surface area contributed by atoms with E-state index >= 15 is 0 Å². The molecule has 6 nitrogen and oxygen atoms in total. The van der Waals surface area contributed by atoms with Gasteiger partial charge in [-0.3, -0.25) is 4.57 Å². The lowest BCUT2D eigenvalue weighted by Crippen LogP contribution is -2.06. The molecule has 21 heavy (non-hydrogen) atoms. The van der Waals surface area contributed by atoms with Gasteiger partial charge in [0, 0.05) is 18.1 Å². The monoisotopic (exact) mass is 300 g/mol. The van der Waals surface area contributed by atoms with Crippen LogP contribution in [0.4, 0.5) is 11.6 Å². The van der Waals surface area contributed by atoms with Gasteiger partial charge in [0.15, 0.2) is 0 Å². The molecule has 3 rings (SSSR count). The molecular weight excluding hydrogens is 288 g/mol. The number of rotatable bonds is 3. The van der Waals surface area contributed by atoms with Crippen molar-refractivity contribution in [2.24, 2.45) is 0 Å². The largest absolute Gasteiger partial charge is 0.324 e. The molecule has 0 saturated heterocycles. The molecular formula is C14H13ClN6. The standard InChI is InChI=1S/C14H13ClN6/c1-9-3-4-11(10(2)7-9)17-13-18-12(15)19-14(20-13)21-6-5-16-8-21/h3-8H,1-2H3,(H,17,18,19,20). The smallest absolute Gasteiger partial charge is 0.241 e. The maximum Gasteiger partial charge on any atom is 0.241 e. The topological polar surface area (TPSA) is 68.5 Å². The number of benzene rings is 1. The van der Waals surface area contributed by atoms with E-state index in [4.69, 9.17) is 11.6 Å². The molecule has 0 atom stereocenters. The van der Waals surface area contributed by atoms with E-state index in [9.17, 15) is 0 Å². The van der Waals surface area contributed by atoms with Gasteiger partial charge in [0.05, 0.1) is 0 Å². The molecule has 0 saturated carbocycles. The SMILES string of the molecule is Cc1ccc(Nc2nc(Cl)nc(-n3ccnc3)n2)c(C)c1. The second-order valence-corrected chi connectivity index (χ2v) is 4.98. The number of nitrogens with zero attached hydrogens (tertiary/aromatic N) is 5. The Bertz CT molecular complexity index is 769. The zero-order valence-electron chi connectivity index (χ0n) is 11.6. The molecule has 1 N–H and O–H groups in total. The molecule has 0 radical (unpaired) electrons. The Hall–Kier alpha value is -2.47. The van der Waals surface area contributed by atoms with E-state index in [2.05, 4.69) is 31.3 Å². The highest BCUT2D eigenvalue weighted by Crippen LogP contribution is 2.20. The first-order valence-corrected chi connectivity index (χ1v) is 6.74. The summed E-state index contributed by atoms with van der Waals surface area (Å²) in [6.45, 7) is 4.07. The molecule has 106 valence electrons. The van der Waals surface area contributed by atoms with Gasteiger partial charge in [0.2, 0.25) is 17.2 Å². The molecule has 0 amide bonds. The van der Waals surface area contributed by atoms with E-state index in [1.165, 1.54) is 5.56 Å². The Morgan fingerprint density at radius 1 is 1.14 bits per heavy atom. The summed E-state index contributed by atoms with van der Waals surface area (Å²) >= 11 is 5.96. The molecule has 0 bridgehead atoms. The number of halogens is 1. The van der Waals surface area contributed by atoms with Gasteiger partial charge in [-0.2, -0.15) is 15.0 Å². The molecule has 0 unspecified atom stereocenters. The summed E-state index contributed by atoms with van der Waals surface area (Å²) in [5.74, 6) is 0.811. The highest BCUT2D eigenvalue weighted by atomic mass is 35.5. The Morgan fingerprint density at radius 2 is 2.00 bits per heavy atom. The third kappa shape index (κ3) is 3.00. The van der Waals surface area contributed by atoms with Crippen molar-refractivity contribution < 1.29 is 0 Å². The summed E-state index contributed by atoms with van der Waals surface area (Å²) in [6.07, 6.45) is 4.99. The maximum absolute atomic E-state index is 5.96. The second kappa shape index (κ2) is 5.49. The number of aromatic nitrogens is 5. The van der Waals surface area contributed by atoms with Crippen molar-refractivity contribution >= 4 is 23.2 Å². The summed E-state index contributed by atoms with van der Waals surface area (Å²) in [7, 11) is 0. The summed E-state index contributed by atoms with van der Waals surface area (Å²) < 4.78 is 1.67. The highest BCUT2D eigenvalue weighted by molar-refractivity contribution is 6.28. The van der Waals surface area contributed by atoms with Crippen LogP contribution in [0.3, 0.4) is 0 Å². The molecule has 3 aromatic rings. The predicted molar refractivity (Wildman–Crippen MR) is 81.2 cm³/mol. The fraction of sp³-hybridized carbons (Fsp3) is 0.143. The fourth-order valence-electron chi connectivity index (χ4n) is 1.96. The highest BCUT2D eigenvalue weighted by Gasteiger charge is 2.08. The van der Waals surface area contributed by atoms with E-state index in [1.54, 1.807) is 23.3 Å². The molecule has 2 aromatic heterocycles. The van der Waals surface area contributed by atoms with Crippen molar-refractivity contribution in [1.29, 1.82) is 0 Å². The average Bonchev–Trinajstić information content (AvgIpc) is 2.95. The first-order valence-electron chi connectivity index (χ1n) is 6.36. The Labute approximate surface area is 126 Å². The first-order chi connectivity index (χ1) is 10.1. The van der Waals surface area contributed by atoms with Crippen molar-refractivity contribution in [3.05, 3.63) is 53.3 Å². The van der Waals surface area contributed by atoms with E-state index in [0.29, 0.717) is 11.9 Å². The Kier molecular flexibility index (Phi) is 3.53. The Morgan fingerprint density at radius 3 is 2.71 bits per heavy atom. The van der Waals surface area contributed by atoms with Gasteiger partial charge >= 0.3 is 0 Å². The van der Waals surface area contributed by atoms with Crippen LogP contribution in [0.25, 0.3) is 5.95 Å². The summed E-state index contributed by atoms with van der Waals surface area (Å²) in [5, 5.41) is 3.29. The normalized spacial score (nSPS) is 10.6. The molecule has 1 aromatic carbocycles. The number of hydrogen-bond acceptors (Lipinski definition) is 5. The van der Waals surface area contributed by atoms with Crippen LogP contribution in [0.2, 0.25) is 5.28 Å². The van der Waals surface area contributed by atoms with Crippen molar-refractivity contribution in [1.82, 2.24) is 24.5 Å². The van der Waals surface area contributed by atoms with Crippen molar-refractivity contribution in [3.63, 3.8) is 0 Å². The fourth-order valence-corrected chi connectivity index (χ4v) is 2.12. The lowest BCUT2D eigenvalue weighted by atomic mass is 10.1. The number of nitrogens with one attached hydrogen (secondary N) is 1. The third-order valence-corrected chi connectivity index (χ3v) is 3.13.